The lowest BCUT2D eigenvalue weighted by Gasteiger charge is -2.09. The third-order valence-electron chi connectivity index (χ3n) is 3.93. The summed E-state index contributed by atoms with van der Waals surface area (Å²) in [5, 5.41) is 6.19. The molecule has 27 heavy (non-hydrogen) atoms. The van der Waals surface area contributed by atoms with Crippen molar-refractivity contribution in [3.05, 3.63) is 76.1 Å². The molecule has 3 aromatic rings. The third kappa shape index (κ3) is 4.56. The van der Waals surface area contributed by atoms with E-state index in [0.29, 0.717) is 21.2 Å². The van der Waals surface area contributed by atoms with Gasteiger partial charge in [0.25, 0.3) is 0 Å². The SMILES string of the molecule is CCOC(=O)c1c(-c2ccccc2)csc1NCC(=O)c1ccc(Cl)cc1. The van der Waals surface area contributed by atoms with Crippen LogP contribution in [0.1, 0.15) is 27.6 Å². The standard InChI is InChI=1S/C21H18ClNO3S/c1-2-26-21(25)19-17(14-6-4-3-5-7-14)13-27-20(19)23-12-18(24)15-8-10-16(22)11-9-15/h3-11,13,23H,2,12H2,1H3. The maximum atomic E-state index is 12.5. The Labute approximate surface area is 166 Å². The highest BCUT2D eigenvalue weighted by Crippen LogP contribution is 2.36. The van der Waals surface area contributed by atoms with E-state index in [0.717, 1.165) is 11.1 Å². The van der Waals surface area contributed by atoms with Gasteiger partial charge in [0.2, 0.25) is 0 Å². The monoisotopic (exact) mass is 399 g/mol. The molecule has 0 aliphatic rings. The normalized spacial score (nSPS) is 10.4. The maximum absolute atomic E-state index is 12.5. The van der Waals surface area contributed by atoms with E-state index in [9.17, 15) is 9.59 Å². The zero-order valence-electron chi connectivity index (χ0n) is 14.7. The van der Waals surface area contributed by atoms with Crippen molar-refractivity contribution in [3.8, 4) is 11.1 Å². The quantitative estimate of drug-likeness (QED) is 0.418. The highest BCUT2D eigenvalue weighted by atomic mass is 35.5. The highest BCUT2D eigenvalue weighted by molar-refractivity contribution is 7.15. The fraction of sp³-hybridized carbons (Fsp3) is 0.143. The molecule has 0 amide bonds. The maximum Gasteiger partial charge on any atom is 0.341 e. The molecule has 1 aromatic heterocycles. The number of hydrogen-bond acceptors (Lipinski definition) is 5. The lowest BCUT2D eigenvalue weighted by Crippen LogP contribution is -2.15. The summed E-state index contributed by atoms with van der Waals surface area (Å²) in [6.07, 6.45) is 0. The van der Waals surface area contributed by atoms with Gasteiger partial charge in [-0.05, 0) is 36.8 Å². The second kappa shape index (κ2) is 8.84. The van der Waals surface area contributed by atoms with Gasteiger partial charge >= 0.3 is 5.97 Å². The van der Waals surface area contributed by atoms with Gasteiger partial charge < -0.3 is 10.1 Å². The fourth-order valence-electron chi connectivity index (χ4n) is 2.62. The first-order valence-corrected chi connectivity index (χ1v) is 9.72. The zero-order valence-corrected chi connectivity index (χ0v) is 16.3. The predicted octanol–water partition coefficient (Wildman–Crippen LogP) is 5.54. The lowest BCUT2D eigenvalue weighted by atomic mass is 10.0. The van der Waals surface area contributed by atoms with Crippen LogP contribution < -0.4 is 5.32 Å². The van der Waals surface area contributed by atoms with E-state index in [-0.39, 0.29) is 18.9 Å². The van der Waals surface area contributed by atoms with Crippen LogP contribution in [0.5, 0.6) is 0 Å². The molecule has 6 heteroatoms. The fourth-order valence-corrected chi connectivity index (χ4v) is 3.70. The molecule has 0 saturated carbocycles. The van der Waals surface area contributed by atoms with Crippen LogP contribution in [0, 0.1) is 0 Å². The van der Waals surface area contributed by atoms with Crippen LogP contribution in [0.3, 0.4) is 0 Å². The number of thiophene rings is 1. The Kier molecular flexibility index (Phi) is 6.27. The number of Topliss-reactive ketones (excluding diaryl/α,β-unsaturated/α-hetero) is 1. The molecule has 1 N–H and O–H groups in total. The third-order valence-corrected chi connectivity index (χ3v) is 5.12. The summed E-state index contributed by atoms with van der Waals surface area (Å²) < 4.78 is 5.22. The Bertz CT molecular complexity index is 936. The van der Waals surface area contributed by atoms with Crippen molar-refractivity contribution in [1.82, 2.24) is 0 Å². The van der Waals surface area contributed by atoms with Gasteiger partial charge in [0.1, 0.15) is 10.6 Å². The Hall–Kier alpha value is -2.63. The topological polar surface area (TPSA) is 55.4 Å². The molecule has 2 aromatic carbocycles. The van der Waals surface area contributed by atoms with E-state index in [2.05, 4.69) is 5.32 Å². The summed E-state index contributed by atoms with van der Waals surface area (Å²) in [4.78, 5) is 24.9. The number of anilines is 1. The van der Waals surface area contributed by atoms with Gasteiger partial charge in [-0.25, -0.2) is 4.79 Å². The molecule has 3 rings (SSSR count). The van der Waals surface area contributed by atoms with Crippen LogP contribution in [0.15, 0.2) is 60.0 Å². The average Bonchev–Trinajstić information content (AvgIpc) is 3.11. The Morgan fingerprint density at radius 2 is 1.78 bits per heavy atom. The Balaban J connectivity index is 1.84. The lowest BCUT2D eigenvalue weighted by molar-refractivity contribution is 0.0528. The van der Waals surface area contributed by atoms with E-state index in [1.807, 2.05) is 35.7 Å². The molecule has 0 fully saturated rings. The summed E-state index contributed by atoms with van der Waals surface area (Å²) in [6, 6.07) is 16.3. The molecule has 0 bridgehead atoms. The van der Waals surface area contributed by atoms with Crippen molar-refractivity contribution in [3.63, 3.8) is 0 Å². The van der Waals surface area contributed by atoms with Crippen molar-refractivity contribution in [2.75, 3.05) is 18.5 Å². The van der Waals surface area contributed by atoms with Crippen LogP contribution in [0.2, 0.25) is 5.02 Å². The number of ketones is 1. The minimum absolute atomic E-state index is 0.0722. The number of halogens is 1. The number of hydrogen-bond donors (Lipinski definition) is 1. The molecular formula is C21H18ClNO3S. The predicted molar refractivity (Wildman–Crippen MR) is 110 cm³/mol. The van der Waals surface area contributed by atoms with Gasteiger partial charge in [0, 0.05) is 21.5 Å². The first-order chi connectivity index (χ1) is 13.1. The van der Waals surface area contributed by atoms with Crippen LogP contribution in [0.25, 0.3) is 11.1 Å². The second-order valence-electron chi connectivity index (χ2n) is 5.72. The van der Waals surface area contributed by atoms with E-state index in [1.165, 1.54) is 11.3 Å². The molecule has 0 aliphatic heterocycles. The summed E-state index contributed by atoms with van der Waals surface area (Å²) >= 11 is 7.24. The van der Waals surface area contributed by atoms with Gasteiger partial charge in [0.05, 0.1) is 13.2 Å². The van der Waals surface area contributed by atoms with Crippen LogP contribution in [0.4, 0.5) is 5.00 Å². The summed E-state index contributed by atoms with van der Waals surface area (Å²) in [5.74, 6) is -0.491. The number of ether oxygens (including phenoxy) is 1. The van der Waals surface area contributed by atoms with Crippen LogP contribution in [-0.4, -0.2) is 24.9 Å². The number of carbonyl (C=O) groups excluding carboxylic acids is 2. The Morgan fingerprint density at radius 3 is 2.44 bits per heavy atom. The number of benzene rings is 2. The highest BCUT2D eigenvalue weighted by Gasteiger charge is 2.21. The van der Waals surface area contributed by atoms with Gasteiger partial charge in [-0.3, -0.25) is 4.79 Å². The van der Waals surface area contributed by atoms with Crippen LogP contribution >= 0.6 is 22.9 Å². The van der Waals surface area contributed by atoms with Gasteiger partial charge in [0.15, 0.2) is 5.78 Å². The molecule has 0 saturated heterocycles. The van der Waals surface area contributed by atoms with Gasteiger partial charge in [-0.2, -0.15) is 0 Å². The number of esters is 1. The first-order valence-electron chi connectivity index (χ1n) is 8.46. The summed E-state index contributed by atoms with van der Waals surface area (Å²) in [5.41, 5.74) is 2.73. The van der Waals surface area contributed by atoms with E-state index < -0.39 is 5.97 Å². The van der Waals surface area contributed by atoms with Crippen LogP contribution in [-0.2, 0) is 4.74 Å². The Morgan fingerprint density at radius 1 is 1.07 bits per heavy atom. The van der Waals surface area contributed by atoms with Crippen molar-refractivity contribution in [2.45, 2.75) is 6.92 Å². The molecular weight excluding hydrogens is 382 g/mol. The van der Waals surface area contributed by atoms with Gasteiger partial charge in [-0.15, -0.1) is 11.3 Å². The number of nitrogens with one attached hydrogen (secondary N) is 1. The molecule has 0 radical (unpaired) electrons. The molecule has 0 atom stereocenters. The molecule has 138 valence electrons. The second-order valence-corrected chi connectivity index (χ2v) is 7.04. The van der Waals surface area contributed by atoms with Crippen molar-refractivity contribution >= 4 is 39.7 Å². The molecule has 0 aliphatic carbocycles. The average molecular weight is 400 g/mol. The zero-order chi connectivity index (χ0) is 19.2. The molecule has 1 heterocycles. The smallest absolute Gasteiger partial charge is 0.341 e. The minimum Gasteiger partial charge on any atom is -0.462 e. The minimum atomic E-state index is -0.404. The first kappa shape index (κ1) is 19.1. The van der Waals surface area contributed by atoms with E-state index >= 15 is 0 Å². The molecule has 0 unspecified atom stereocenters. The van der Waals surface area contributed by atoms with Crippen molar-refractivity contribution in [2.24, 2.45) is 0 Å². The number of rotatable bonds is 7. The largest absolute Gasteiger partial charge is 0.462 e. The van der Waals surface area contributed by atoms with Gasteiger partial charge in [-0.1, -0.05) is 41.9 Å². The summed E-state index contributed by atoms with van der Waals surface area (Å²) in [7, 11) is 0. The number of carbonyl (C=O) groups is 2. The van der Waals surface area contributed by atoms with Crippen molar-refractivity contribution < 1.29 is 14.3 Å². The molecule has 0 spiro atoms. The summed E-state index contributed by atoms with van der Waals surface area (Å²) in [6.45, 7) is 2.12. The van der Waals surface area contributed by atoms with E-state index in [1.54, 1.807) is 31.2 Å². The molecule has 4 nitrogen and oxygen atoms in total. The van der Waals surface area contributed by atoms with Crippen molar-refractivity contribution in [1.29, 1.82) is 0 Å². The van der Waals surface area contributed by atoms with E-state index in [4.69, 9.17) is 16.3 Å².